The molecular formula is C18H26CeN7O4. The Morgan fingerprint density at radius 3 is 1.60 bits per heavy atom. The maximum Gasteiger partial charge on any atom is 3.00 e. The standard InChI is InChI=1S/C15H17N7O4.3CH3.Ce/c23-12(24)11-8-18-14(19-9-11)22-3-1-21(2-4-22)13-16-5-10(6-17-13)7-20-15(25)26;;;;/h5-6,8-9,20H,1-4,7H2,(H,23,24)(H,25,26);3*1H3;/q;3*-1;+3. The molecule has 0 saturated carbocycles. The predicted octanol–water partition coefficient (Wildman–Crippen LogP) is 1.41. The monoisotopic (exact) mass is 544 g/mol. The SMILES string of the molecule is O=C(O)NCc1cnc(N2CCN(c3ncc(C(=O)O)cn3)CC2)nc1.[CH3-].[CH3-].[CH3-].[Ce+3]. The average Bonchev–Trinajstić information content (AvgIpc) is 2.67. The zero-order valence-electron chi connectivity index (χ0n) is 17.2. The molecule has 30 heavy (non-hydrogen) atoms. The van der Waals surface area contributed by atoms with Crippen molar-refractivity contribution in [3.63, 3.8) is 0 Å². The zero-order chi connectivity index (χ0) is 18.5. The molecule has 1 saturated heterocycles. The van der Waals surface area contributed by atoms with E-state index < -0.39 is 12.1 Å². The molecule has 0 aliphatic carbocycles. The summed E-state index contributed by atoms with van der Waals surface area (Å²) >= 11 is 0. The molecular weight excluding hydrogens is 518 g/mol. The van der Waals surface area contributed by atoms with E-state index in [4.69, 9.17) is 10.2 Å². The number of hydrogen-bond acceptors (Lipinski definition) is 8. The van der Waals surface area contributed by atoms with Gasteiger partial charge in [0.25, 0.3) is 0 Å². The summed E-state index contributed by atoms with van der Waals surface area (Å²) < 4.78 is 0. The normalized spacial score (nSPS) is 12.3. The van der Waals surface area contributed by atoms with Gasteiger partial charge in [-0.15, -0.1) is 0 Å². The number of carboxylic acid groups (broad SMARTS) is 2. The Balaban J connectivity index is 0. The van der Waals surface area contributed by atoms with Gasteiger partial charge in [0.05, 0.1) is 5.56 Å². The van der Waals surface area contributed by atoms with Crippen LogP contribution in [0.5, 0.6) is 0 Å². The molecule has 1 fully saturated rings. The number of rotatable bonds is 5. The van der Waals surface area contributed by atoms with Crippen LogP contribution in [0.3, 0.4) is 0 Å². The number of carbonyl (C=O) groups is 2. The van der Waals surface area contributed by atoms with Gasteiger partial charge in [0, 0.05) is 63.1 Å². The molecule has 1 amide bonds. The van der Waals surface area contributed by atoms with Gasteiger partial charge in [-0.05, 0) is 0 Å². The van der Waals surface area contributed by atoms with Crippen LogP contribution < -0.4 is 15.1 Å². The second-order valence-electron chi connectivity index (χ2n) is 5.60. The third kappa shape index (κ3) is 7.95. The van der Waals surface area contributed by atoms with Crippen LogP contribution in [0.15, 0.2) is 24.8 Å². The molecule has 12 heteroatoms. The molecule has 3 N–H and O–H groups in total. The van der Waals surface area contributed by atoms with Crippen LogP contribution in [-0.4, -0.2) is 68.4 Å². The Kier molecular flexibility index (Phi) is 14.0. The molecule has 1 aliphatic heterocycles. The minimum atomic E-state index is -1.09. The fourth-order valence-electron chi connectivity index (χ4n) is 2.48. The van der Waals surface area contributed by atoms with E-state index in [2.05, 4.69) is 25.3 Å². The van der Waals surface area contributed by atoms with Crippen molar-refractivity contribution in [2.75, 3.05) is 36.0 Å². The number of aromatic carboxylic acids is 1. The first-order chi connectivity index (χ1) is 12.5. The Hall–Kier alpha value is -2.12. The van der Waals surface area contributed by atoms with Gasteiger partial charge in [0.1, 0.15) is 0 Å². The van der Waals surface area contributed by atoms with E-state index in [0.717, 1.165) is 0 Å². The largest absolute Gasteiger partial charge is 3.00 e. The van der Waals surface area contributed by atoms with Crippen LogP contribution in [0.2, 0.25) is 0 Å². The molecule has 3 heterocycles. The number of amides is 1. The first-order valence-corrected chi connectivity index (χ1v) is 7.86. The Labute approximate surface area is 210 Å². The quantitative estimate of drug-likeness (QED) is 0.473. The van der Waals surface area contributed by atoms with Crippen LogP contribution >= 0.6 is 0 Å². The summed E-state index contributed by atoms with van der Waals surface area (Å²) in [4.78, 5) is 42.0. The number of nitrogens with zero attached hydrogens (tertiary/aromatic N) is 6. The molecule has 2 aromatic rings. The molecule has 0 bridgehead atoms. The van der Waals surface area contributed by atoms with Gasteiger partial charge in [-0.2, -0.15) is 0 Å². The molecule has 0 atom stereocenters. The predicted molar refractivity (Wildman–Crippen MR) is 110 cm³/mol. The van der Waals surface area contributed by atoms with Gasteiger partial charge < -0.3 is 47.6 Å². The van der Waals surface area contributed by atoms with E-state index in [1.165, 1.54) is 12.4 Å². The van der Waals surface area contributed by atoms with E-state index in [9.17, 15) is 9.59 Å². The van der Waals surface area contributed by atoms with Crippen molar-refractivity contribution in [1.29, 1.82) is 0 Å². The number of anilines is 2. The summed E-state index contributed by atoms with van der Waals surface area (Å²) in [6.07, 6.45) is 4.69. The molecule has 2 aromatic heterocycles. The maximum absolute atomic E-state index is 10.8. The van der Waals surface area contributed by atoms with E-state index in [1.807, 2.05) is 9.80 Å². The van der Waals surface area contributed by atoms with Gasteiger partial charge in [0.2, 0.25) is 11.9 Å². The minimum absolute atomic E-state index is 0. The van der Waals surface area contributed by atoms with Crippen molar-refractivity contribution in [2.24, 2.45) is 0 Å². The van der Waals surface area contributed by atoms with Gasteiger partial charge >= 0.3 is 53.8 Å². The molecule has 0 unspecified atom stereocenters. The molecule has 11 nitrogen and oxygen atoms in total. The molecule has 0 spiro atoms. The van der Waals surface area contributed by atoms with Crippen molar-refractivity contribution >= 4 is 24.0 Å². The van der Waals surface area contributed by atoms with Gasteiger partial charge in [-0.25, -0.2) is 29.5 Å². The fourth-order valence-corrected chi connectivity index (χ4v) is 2.48. The van der Waals surface area contributed by atoms with E-state index in [1.54, 1.807) is 12.4 Å². The Morgan fingerprint density at radius 2 is 1.23 bits per heavy atom. The summed E-state index contributed by atoms with van der Waals surface area (Å²) in [7, 11) is 0. The second kappa shape index (κ2) is 14.0. The number of hydrogen-bond donors (Lipinski definition) is 3. The van der Waals surface area contributed by atoms with Crippen LogP contribution in [0.25, 0.3) is 0 Å². The molecule has 0 aromatic carbocycles. The number of carboxylic acids is 1. The van der Waals surface area contributed by atoms with Gasteiger partial charge in [-0.3, -0.25) is 0 Å². The topological polar surface area (TPSA) is 145 Å². The number of aromatic nitrogens is 4. The summed E-state index contributed by atoms with van der Waals surface area (Å²) in [6, 6.07) is 0. The van der Waals surface area contributed by atoms with Crippen LogP contribution in [0.1, 0.15) is 15.9 Å². The first-order valence-electron chi connectivity index (χ1n) is 7.86. The van der Waals surface area contributed by atoms with Crippen LogP contribution in [0, 0.1) is 64.0 Å². The zero-order valence-corrected chi connectivity index (χ0v) is 20.4. The van der Waals surface area contributed by atoms with Crippen LogP contribution in [0.4, 0.5) is 16.7 Å². The third-order valence-electron chi connectivity index (χ3n) is 3.87. The van der Waals surface area contributed by atoms with E-state index in [-0.39, 0.29) is 76.1 Å². The van der Waals surface area contributed by atoms with E-state index >= 15 is 0 Å². The van der Waals surface area contributed by atoms with Crippen molar-refractivity contribution in [1.82, 2.24) is 25.3 Å². The number of nitrogens with one attached hydrogen (secondary N) is 1. The van der Waals surface area contributed by atoms with Gasteiger partial charge in [-0.1, -0.05) is 0 Å². The van der Waals surface area contributed by atoms with Crippen LogP contribution in [-0.2, 0) is 6.54 Å². The van der Waals surface area contributed by atoms with Crippen molar-refractivity contribution in [3.8, 4) is 0 Å². The van der Waals surface area contributed by atoms with E-state index in [0.29, 0.717) is 43.6 Å². The molecule has 3 rings (SSSR count). The smallest absolute Gasteiger partial charge is 0.478 e. The van der Waals surface area contributed by atoms with Crippen molar-refractivity contribution < 1.29 is 61.5 Å². The Bertz CT molecular complexity index is 782. The molecule has 1 radical (unpaired) electrons. The summed E-state index contributed by atoms with van der Waals surface area (Å²) in [5.41, 5.74) is 0.736. The maximum atomic E-state index is 10.8. The average molecular weight is 545 g/mol. The summed E-state index contributed by atoms with van der Waals surface area (Å²) in [6.45, 7) is 2.79. The Morgan fingerprint density at radius 1 is 0.833 bits per heavy atom. The van der Waals surface area contributed by atoms with Gasteiger partial charge in [0.15, 0.2) is 0 Å². The fraction of sp³-hybridized carbons (Fsp3) is 0.278. The number of piperazine rings is 1. The summed E-state index contributed by atoms with van der Waals surface area (Å²) in [5, 5.41) is 19.7. The van der Waals surface area contributed by atoms with Crippen molar-refractivity contribution in [2.45, 2.75) is 6.54 Å². The molecule has 1 aliphatic rings. The first kappa shape index (κ1) is 30.1. The third-order valence-corrected chi connectivity index (χ3v) is 3.87. The second-order valence-corrected chi connectivity index (χ2v) is 5.60. The molecule has 161 valence electrons. The minimum Gasteiger partial charge on any atom is -0.478 e. The summed E-state index contributed by atoms with van der Waals surface area (Å²) in [5.74, 6) is 0.0112. The van der Waals surface area contributed by atoms with Crippen molar-refractivity contribution in [3.05, 3.63) is 58.2 Å².